The third-order valence-corrected chi connectivity index (χ3v) is 5.83. The number of anilines is 1. The number of carbonyl (C=O) groups is 3. The maximum absolute atomic E-state index is 12.4. The molecule has 3 N–H and O–H groups in total. The molecule has 0 saturated carbocycles. The lowest BCUT2D eigenvalue weighted by molar-refractivity contribution is -0.116. The van der Waals surface area contributed by atoms with Gasteiger partial charge in [0.25, 0.3) is 21.8 Å². The average Bonchev–Trinajstić information content (AvgIpc) is 2.86. The average molecular weight is 389 g/mol. The molecule has 1 aliphatic rings. The lowest BCUT2D eigenvalue weighted by Gasteiger charge is -2.14. The summed E-state index contributed by atoms with van der Waals surface area (Å²) < 4.78 is 25.5. The molecule has 2 aromatic carbocycles. The molecule has 0 saturated heterocycles. The molecule has 3 rings (SSSR count). The zero-order chi connectivity index (χ0) is 19.6. The van der Waals surface area contributed by atoms with E-state index in [1.165, 1.54) is 47.9 Å². The third kappa shape index (κ3) is 3.52. The fraction of sp³-hybridized carbons (Fsp3) is 0.118. The topological polar surface area (TPSA) is 133 Å². The van der Waals surface area contributed by atoms with Crippen molar-refractivity contribution in [3.05, 3.63) is 59.7 Å². The van der Waals surface area contributed by atoms with Crippen molar-refractivity contribution < 1.29 is 28.0 Å². The summed E-state index contributed by atoms with van der Waals surface area (Å²) in [6, 6.07) is 11.6. The molecule has 27 heavy (non-hydrogen) atoms. The standard InChI is InChI=1S/C17H15N3O6S/c21-15(18-12-7-5-11(6-8-12)16(22)19-24)9-10-20-17(23)13-3-1-2-4-14(13)27(20,25)26/h1-8,24H,9-10H2,(H,18,21)(H,19,22). The predicted molar refractivity (Wildman–Crippen MR) is 93.6 cm³/mol. The summed E-state index contributed by atoms with van der Waals surface area (Å²) in [6.07, 6.45) is -0.224. The summed E-state index contributed by atoms with van der Waals surface area (Å²) in [6.45, 7) is -0.285. The van der Waals surface area contributed by atoms with E-state index in [1.54, 1.807) is 6.07 Å². The number of amides is 3. The van der Waals surface area contributed by atoms with Gasteiger partial charge in [0.2, 0.25) is 5.91 Å². The molecule has 0 spiro atoms. The zero-order valence-electron chi connectivity index (χ0n) is 13.9. The Bertz CT molecular complexity index is 1020. The molecule has 2 aromatic rings. The Morgan fingerprint density at radius 2 is 1.70 bits per heavy atom. The van der Waals surface area contributed by atoms with Gasteiger partial charge in [-0.2, -0.15) is 0 Å². The van der Waals surface area contributed by atoms with Crippen LogP contribution in [0.4, 0.5) is 5.69 Å². The smallest absolute Gasteiger partial charge is 0.274 e. The number of hydrogen-bond acceptors (Lipinski definition) is 6. The van der Waals surface area contributed by atoms with Crippen molar-refractivity contribution >= 4 is 33.4 Å². The fourth-order valence-electron chi connectivity index (χ4n) is 2.65. The summed E-state index contributed by atoms with van der Waals surface area (Å²) in [5.41, 5.74) is 2.16. The highest BCUT2D eigenvalue weighted by Crippen LogP contribution is 2.29. The normalized spacial score (nSPS) is 14.6. The van der Waals surface area contributed by atoms with Crippen molar-refractivity contribution in [3.8, 4) is 0 Å². The van der Waals surface area contributed by atoms with E-state index in [9.17, 15) is 22.8 Å². The van der Waals surface area contributed by atoms with Gasteiger partial charge in [0.15, 0.2) is 0 Å². The molecule has 0 atom stereocenters. The van der Waals surface area contributed by atoms with E-state index >= 15 is 0 Å². The number of benzene rings is 2. The van der Waals surface area contributed by atoms with Crippen LogP contribution in [0.15, 0.2) is 53.4 Å². The highest BCUT2D eigenvalue weighted by atomic mass is 32.2. The molecule has 0 radical (unpaired) electrons. The van der Waals surface area contributed by atoms with E-state index in [4.69, 9.17) is 5.21 Å². The minimum atomic E-state index is -3.95. The van der Waals surface area contributed by atoms with E-state index in [0.29, 0.717) is 9.99 Å². The molecular weight excluding hydrogens is 374 g/mol. The minimum Gasteiger partial charge on any atom is -0.326 e. The summed E-state index contributed by atoms with van der Waals surface area (Å²) >= 11 is 0. The fourth-order valence-corrected chi connectivity index (χ4v) is 4.22. The molecule has 3 amide bonds. The number of fused-ring (bicyclic) bond motifs is 1. The molecule has 140 valence electrons. The summed E-state index contributed by atoms with van der Waals surface area (Å²) in [5, 5.41) is 11.1. The lowest BCUT2D eigenvalue weighted by atomic mass is 10.2. The highest BCUT2D eigenvalue weighted by molar-refractivity contribution is 7.90. The van der Waals surface area contributed by atoms with Gasteiger partial charge in [-0.25, -0.2) is 18.2 Å². The zero-order valence-corrected chi connectivity index (χ0v) is 14.7. The second kappa shape index (κ2) is 7.17. The van der Waals surface area contributed by atoms with Gasteiger partial charge < -0.3 is 5.32 Å². The van der Waals surface area contributed by atoms with Crippen LogP contribution in [0, 0.1) is 0 Å². The monoisotopic (exact) mass is 389 g/mol. The van der Waals surface area contributed by atoms with Gasteiger partial charge in [0, 0.05) is 24.2 Å². The first-order valence-electron chi connectivity index (χ1n) is 7.85. The van der Waals surface area contributed by atoms with Crippen molar-refractivity contribution in [3.63, 3.8) is 0 Å². The first-order valence-corrected chi connectivity index (χ1v) is 9.29. The van der Waals surface area contributed by atoms with Crippen molar-refractivity contribution in [1.29, 1.82) is 0 Å². The largest absolute Gasteiger partial charge is 0.326 e. The van der Waals surface area contributed by atoms with Crippen LogP contribution in [0.2, 0.25) is 0 Å². The third-order valence-electron chi connectivity index (χ3n) is 3.99. The van der Waals surface area contributed by atoms with Crippen molar-refractivity contribution in [1.82, 2.24) is 9.79 Å². The van der Waals surface area contributed by atoms with Gasteiger partial charge in [-0.1, -0.05) is 12.1 Å². The van der Waals surface area contributed by atoms with E-state index in [0.717, 1.165) is 0 Å². The van der Waals surface area contributed by atoms with Gasteiger partial charge >= 0.3 is 0 Å². The van der Waals surface area contributed by atoms with E-state index in [-0.39, 0.29) is 29.0 Å². The molecule has 1 heterocycles. The number of hydrogen-bond donors (Lipinski definition) is 3. The number of sulfonamides is 1. The Hall–Kier alpha value is -3.24. The molecule has 1 aliphatic heterocycles. The molecule has 10 heteroatoms. The van der Waals surface area contributed by atoms with E-state index < -0.39 is 27.7 Å². The van der Waals surface area contributed by atoms with Crippen molar-refractivity contribution in [2.24, 2.45) is 0 Å². The predicted octanol–water partition coefficient (Wildman–Crippen LogP) is 0.979. The SMILES string of the molecule is O=C(CCN1C(=O)c2ccccc2S1(=O)=O)Nc1ccc(C(=O)NO)cc1. The van der Waals surface area contributed by atoms with Gasteiger partial charge in [-0.05, 0) is 36.4 Å². The molecular formula is C17H15N3O6S. The summed E-state index contributed by atoms with van der Waals surface area (Å²) in [7, 11) is -3.95. The van der Waals surface area contributed by atoms with Crippen LogP contribution in [0.25, 0.3) is 0 Å². The number of nitrogens with zero attached hydrogens (tertiary/aromatic N) is 1. The van der Waals surface area contributed by atoms with Crippen LogP contribution in [-0.4, -0.2) is 42.2 Å². The molecule has 0 aliphatic carbocycles. The Morgan fingerprint density at radius 1 is 1.04 bits per heavy atom. The first kappa shape index (κ1) is 18.5. The Labute approximate surface area is 154 Å². The number of rotatable bonds is 5. The number of nitrogens with one attached hydrogen (secondary N) is 2. The highest BCUT2D eigenvalue weighted by Gasteiger charge is 2.40. The molecule has 0 fully saturated rings. The van der Waals surface area contributed by atoms with Crippen LogP contribution in [-0.2, 0) is 14.8 Å². The van der Waals surface area contributed by atoms with Gasteiger partial charge in [-0.3, -0.25) is 19.6 Å². The Balaban J connectivity index is 1.63. The van der Waals surface area contributed by atoms with Crippen LogP contribution in [0.3, 0.4) is 0 Å². The summed E-state index contributed by atoms with van der Waals surface area (Å²) in [4.78, 5) is 35.5. The number of carbonyl (C=O) groups excluding carboxylic acids is 3. The molecule has 0 unspecified atom stereocenters. The van der Waals surface area contributed by atoms with Crippen LogP contribution >= 0.6 is 0 Å². The van der Waals surface area contributed by atoms with Gasteiger partial charge in [0.1, 0.15) is 4.90 Å². The maximum Gasteiger partial charge on any atom is 0.274 e. The van der Waals surface area contributed by atoms with E-state index in [1.807, 2.05) is 0 Å². The summed E-state index contributed by atoms with van der Waals surface area (Å²) in [5.74, 6) is -1.84. The van der Waals surface area contributed by atoms with Crippen LogP contribution in [0.5, 0.6) is 0 Å². The van der Waals surface area contributed by atoms with Crippen LogP contribution < -0.4 is 10.8 Å². The van der Waals surface area contributed by atoms with Crippen molar-refractivity contribution in [2.45, 2.75) is 11.3 Å². The van der Waals surface area contributed by atoms with Crippen LogP contribution in [0.1, 0.15) is 27.1 Å². The minimum absolute atomic E-state index is 0.0619. The second-order valence-electron chi connectivity index (χ2n) is 5.69. The Morgan fingerprint density at radius 3 is 2.33 bits per heavy atom. The first-order chi connectivity index (χ1) is 12.8. The maximum atomic E-state index is 12.4. The van der Waals surface area contributed by atoms with Gasteiger partial charge in [-0.15, -0.1) is 0 Å². The van der Waals surface area contributed by atoms with Crippen molar-refractivity contribution in [2.75, 3.05) is 11.9 Å². The quantitative estimate of drug-likeness (QED) is 0.516. The lowest BCUT2D eigenvalue weighted by Crippen LogP contribution is -2.33. The van der Waals surface area contributed by atoms with Gasteiger partial charge in [0.05, 0.1) is 5.56 Å². The Kier molecular flexibility index (Phi) is 4.93. The van der Waals surface area contributed by atoms with E-state index in [2.05, 4.69) is 5.32 Å². The second-order valence-corrected chi connectivity index (χ2v) is 7.53. The molecule has 0 bridgehead atoms. The number of hydroxylamine groups is 1. The molecule has 9 nitrogen and oxygen atoms in total. The molecule has 0 aromatic heterocycles.